The second kappa shape index (κ2) is 16.1. The molecule has 0 aliphatic heterocycles. The molecular weight excluding hydrogens is 550 g/mol. The third-order valence-corrected chi connectivity index (χ3v) is 6.66. The number of rotatable bonds is 16. The van der Waals surface area contributed by atoms with E-state index in [4.69, 9.17) is 5.73 Å². The van der Waals surface area contributed by atoms with E-state index >= 15 is 0 Å². The molecule has 0 radical (unpaired) electrons. The predicted octanol–water partition coefficient (Wildman–Crippen LogP) is -1.69. The van der Waals surface area contributed by atoms with Gasteiger partial charge in [0.1, 0.15) is 29.9 Å². The molecule has 1 aromatic carbocycles. The van der Waals surface area contributed by atoms with Crippen molar-refractivity contribution >= 4 is 29.6 Å². The van der Waals surface area contributed by atoms with Crippen LogP contribution < -0.4 is 27.0 Å². The normalized spacial score (nSPS) is 15.3. The van der Waals surface area contributed by atoms with Crippen LogP contribution in [0.25, 0.3) is 0 Å². The number of phenols is 1. The summed E-state index contributed by atoms with van der Waals surface area (Å²) in [5, 5.41) is 39.3. The third kappa shape index (κ3) is 10.2. The van der Waals surface area contributed by atoms with Crippen molar-refractivity contribution in [2.75, 3.05) is 6.54 Å². The summed E-state index contributed by atoms with van der Waals surface area (Å²) >= 11 is 0. The Bertz CT molecular complexity index is 1200. The van der Waals surface area contributed by atoms with Crippen molar-refractivity contribution < 1.29 is 39.3 Å². The Morgan fingerprint density at radius 3 is 2.05 bits per heavy atom. The Morgan fingerprint density at radius 1 is 0.905 bits per heavy atom. The summed E-state index contributed by atoms with van der Waals surface area (Å²) in [5.41, 5.74) is 6.34. The molecule has 4 amide bonds. The minimum Gasteiger partial charge on any atom is -0.508 e. The van der Waals surface area contributed by atoms with Crippen molar-refractivity contribution in [2.24, 2.45) is 11.7 Å². The Hall–Kier alpha value is -4.50. The summed E-state index contributed by atoms with van der Waals surface area (Å²) < 4.78 is 0. The van der Waals surface area contributed by atoms with Crippen LogP contribution in [0.5, 0.6) is 5.75 Å². The zero-order valence-corrected chi connectivity index (χ0v) is 23.7. The molecule has 0 bridgehead atoms. The number of H-pyrrole nitrogens is 1. The van der Waals surface area contributed by atoms with Gasteiger partial charge in [-0.05, 0) is 30.5 Å². The summed E-state index contributed by atoms with van der Waals surface area (Å²) in [4.78, 5) is 70.2. The number of benzene rings is 1. The molecule has 2 rings (SSSR count). The Kier molecular flexibility index (Phi) is 12.9. The van der Waals surface area contributed by atoms with Crippen molar-refractivity contribution in [3.63, 3.8) is 0 Å². The monoisotopic (exact) mass is 589 g/mol. The van der Waals surface area contributed by atoms with Crippen molar-refractivity contribution in [3.8, 4) is 5.75 Å². The molecule has 0 saturated heterocycles. The molecule has 15 nitrogen and oxygen atoms in total. The van der Waals surface area contributed by atoms with Gasteiger partial charge in [0, 0.05) is 24.7 Å². The van der Waals surface area contributed by atoms with E-state index in [1.54, 1.807) is 13.8 Å². The molecule has 15 heteroatoms. The average molecular weight is 590 g/mol. The van der Waals surface area contributed by atoms with Crippen LogP contribution in [0, 0.1) is 5.92 Å². The van der Waals surface area contributed by atoms with E-state index in [-0.39, 0.29) is 18.6 Å². The van der Waals surface area contributed by atoms with E-state index in [2.05, 4.69) is 31.2 Å². The molecule has 1 heterocycles. The number of aromatic amines is 1. The topological polar surface area (TPSA) is 249 Å². The molecular formula is C27H39N7O8. The van der Waals surface area contributed by atoms with Crippen LogP contribution in [0.1, 0.15) is 38.4 Å². The van der Waals surface area contributed by atoms with Crippen LogP contribution in [0.15, 0.2) is 36.8 Å². The first-order valence-electron chi connectivity index (χ1n) is 13.4. The first-order chi connectivity index (χ1) is 19.9. The lowest BCUT2D eigenvalue weighted by molar-refractivity contribution is -0.142. The number of aromatic hydroxyl groups is 1. The second-order valence-corrected chi connectivity index (χ2v) is 9.97. The van der Waals surface area contributed by atoms with Crippen molar-refractivity contribution in [1.82, 2.24) is 31.2 Å². The van der Waals surface area contributed by atoms with Crippen molar-refractivity contribution in [2.45, 2.75) is 70.3 Å². The Labute approximate surface area is 242 Å². The van der Waals surface area contributed by atoms with E-state index in [0.29, 0.717) is 17.7 Å². The number of nitrogens with zero attached hydrogens (tertiary/aromatic N) is 1. The van der Waals surface area contributed by atoms with Crippen molar-refractivity contribution in [1.29, 1.82) is 0 Å². The number of aliphatic hydroxyl groups excluding tert-OH is 1. The summed E-state index contributed by atoms with van der Waals surface area (Å²) in [7, 11) is 0. The number of hydrogen-bond acceptors (Lipinski definition) is 9. The van der Waals surface area contributed by atoms with Crippen LogP contribution in [0.4, 0.5) is 0 Å². The molecule has 2 aromatic rings. The lowest BCUT2D eigenvalue weighted by Crippen LogP contribution is -2.61. The number of carbonyl (C=O) groups is 5. The lowest BCUT2D eigenvalue weighted by Gasteiger charge is -2.29. The van der Waals surface area contributed by atoms with Gasteiger partial charge in [0.25, 0.3) is 0 Å². The summed E-state index contributed by atoms with van der Waals surface area (Å²) in [5.74, 6) is -4.82. The average Bonchev–Trinajstić information content (AvgIpc) is 3.47. The van der Waals surface area contributed by atoms with Gasteiger partial charge in [0.05, 0.1) is 19.0 Å². The quantitative estimate of drug-likeness (QED) is 0.107. The molecule has 42 heavy (non-hydrogen) atoms. The van der Waals surface area contributed by atoms with Gasteiger partial charge in [-0.1, -0.05) is 32.4 Å². The number of aliphatic hydroxyl groups is 1. The standard InChI is InChI=1S/C27H39N7O8/c1-4-14(2)22(25(39)32-20(27(41)42)10-17-12-29-13-30-17)34-24(38)19(9-16-5-7-18(36)8-6-16)31-26(40)23(15(3)35)33-21(37)11-28/h5-8,12-15,19-20,22-23,35-36H,4,9-11,28H2,1-3H3,(H,29,30)(H,31,40)(H,32,39)(H,33,37)(H,34,38)(H,41,42)/t14-,15+,19-,20-,22-,23-/m0/s1. The summed E-state index contributed by atoms with van der Waals surface area (Å²) in [6, 6.07) is 0.662. The van der Waals surface area contributed by atoms with Gasteiger partial charge >= 0.3 is 5.97 Å². The van der Waals surface area contributed by atoms with Crippen molar-refractivity contribution in [3.05, 3.63) is 48.0 Å². The number of aliphatic carboxylic acids is 1. The van der Waals surface area contributed by atoms with E-state index in [9.17, 15) is 39.3 Å². The third-order valence-electron chi connectivity index (χ3n) is 6.66. The maximum absolute atomic E-state index is 13.6. The molecule has 230 valence electrons. The minimum absolute atomic E-state index is 0.0147. The highest BCUT2D eigenvalue weighted by atomic mass is 16.4. The van der Waals surface area contributed by atoms with E-state index in [0.717, 1.165) is 0 Å². The number of carbonyl (C=O) groups excluding carboxylic acids is 4. The molecule has 10 N–H and O–H groups in total. The molecule has 1 aromatic heterocycles. The number of hydrogen-bond donors (Lipinski definition) is 9. The van der Waals surface area contributed by atoms with Gasteiger partial charge in [0.2, 0.25) is 23.6 Å². The Morgan fingerprint density at radius 2 is 1.52 bits per heavy atom. The second-order valence-electron chi connectivity index (χ2n) is 9.97. The highest BCUT2D eigenvalue weighted by Gasteiger charge is 2.34. The van der Waals surface area contributed by atoms with Crippen LogP contribution in [0.2, 0.25) is 0 Å². The molecule has 0 aliphatic carbocycles. The number of carboxylic acid groups (broad SMARTS) is 1. The van der Waals surface area contributed by atoms with Gasteiger partial charge in [-0.2, -0.15) is 0 Å². The van der Waals surface area contributed by atoms with E-state index in [1.807, 2.05) is 0 Å². The zero-order chi connectivity index (χ0) is 31.4. The van der Waals surface area contributed by atoms with Crippen LogP contribution in [-0.2, 0) is 36.8 Å². The maximum Gasteiger partial charge on any atom is 0.326 e. The highest BCUT2D eigenvalue weighted by molar-refractivity contribution is 5.95. The minimum atomic E-state index is -1.43. The van der Waals surface area contributed by atoms with Crippen LogP contribution in [0.3, 0.4) is 0 Å². The van der Waals surface area contributed by atoms with Gasteiger partial charge in [-0.25, -0.2) is 9.78 Å². The number of nitrogens with one attached hydrogen (secondary N) is 5. The van der Waals surface area contributed by atoms with Crippen LogP contribution >= 0.6 is 0 Å². The van der Waals surface area contributed by atoms with Gasteiger partial charge in [0.15, 0.2) is 0 Å². The number of phenolic OH excluding ortho intramolecular Hbond substituents is 1. The molecule has 0 fully saturated rings. The number of amides is 4. The van der Waals surface area contributed by atoms with Crippen LogP contribution in [-0.4, -0.2) is 91.7 Å². The highest BCUT2D eigenvalue weighted by Crippen LogP contribution is 2.14. The first kappa shape index (κ1) is 33.7. The Balaban J connectivity index is 2.30. The van der Waals surface area contributed by atoms with Gasteiger partial charge < -0.3 is 47.3 Å². The van der Waals surface area contributed by atoms with Gasteiger partial charge in [-0.3, -0.25) is 19.2 Å². The molecule has 0 unspecified atom stereocenters. The predicted molar refractivity (Wildman–Crippen MR) is 150 cm³/mol. The number of aromatic nitrogens is 2. The fourth-order valence-electron chi connectivity index (χ4n) is 4.01. The summed E-state index contributed by atoms with van der Waals surface area (Å²) in [6.07, 6.45) is 1.77. The number of imidazole rings is 1. The van der Waals surface area contributed by atoms with Gasteiger partial charge in [-0.15, -0.1) is 0 Å². The first-order valence-corrected chi connectivity index (χ1v) is 13.4. The molecule has 0 aliphatic rings. The van der Waals surface area contributed by atoms with E-state index < -0.39 is 72.3 Å². The fraction of sp³-hybridized carbons (Fsp3) is 0.481. The molecule has 0 saturated carbocycles. The SMILES string of the molecule is CC[C@H](C)[C@H](NC(=O)[C@H](Cc1ccc(O)cc1)NC(=O)[C@@H](NC(=O)CN)[C@@H](C)O)C(=O)N[C@@H](Cc1cnc[nH]1)C(=O)O. The maximum atomic E-state index is 13.6. The number of carboxylic acids is 1. The summed E-state index contributed by atoms with van der Waals surface area (Å²) in [6.45, 7) is 4.34. The lowest BCUT2D eigenvalue weighted by atomic mass is 9.96. The zero-order valence-electron chi connectivity index (χ0n) is 23.7. The van der Waals surface area contributed by atoms with E-state index in [1.165, 1.54) is 43.7 Å². The molecule has 6 atom stereocenters. The smallest absolute Gasteiger partial charge is 0.326 e. The number of nitrogens with two attached hydrogens (primary N) is 1. The fourth-order valence-corrected chi connectivity index (χ4v) is 4.01. The largest absolute Gasteiger partial charge is 0.508 e. The molecule has 0 spiro atoms.